The van der Waals surface area contributed by atoms with Crippen molar-refractivity contribution in [2.24, 2.45) is 23.7 Å². The van der Waals surface area contributed by atoms with E-state index in [2.05, 4.69) is 10.6 Å². The molecule has 1 aromatic rings. The van der Waals surface area contributed by atoms with Gasteiger partial charge in [-0.2, -0.15) is 0 Å². The zero-order valence-electron chi connectivity index (χ0n) is 38.0. The van der Waals surface area contributed by atoms with Crippen molar-refractivity contribution in [1.82, 2.24) is 25.3 Å². The highest BCUT2D eigenvalue weighted by Crippen LogP contribution is 2.26. The van der Waals surface area contributed by atoms with Crippen molar-refractivity contribution in [3.05, 3.63) is 47.5 Å². The molecule has 1 aliphatic heterocycles. The van der Waals surface area contributed by atoms with E-state index in [-0.39, 0.29) is 30.3 Å². The lowest BCUT2D eigenvalue weighted by Gasteiger charge is -2.35. The lowest BCUT2D eigenvalue weighted by atomic mass is 9.86. The Morgan fingerprint density at radius 3 is 1.92 bits per heavy atom. The van der Waals surface area contributed by atoms with Crippen LogP contribution in [-0.2, 0) is 49.5 Å². The number of carbonyl (C=O) groups excluding carboxylic acids is 7. The molecule has 0 bridgehead atoms. The Balaban J connectivity index is 2.66. The molecule has 0 aliphatic carbocycles. The molecule has 0 spiro atoms. The summed E-state index contributed by atoms with van der Waals surface area (Å²) in [7, 11) is 4.33. The number of aliphatic hydroxyl groups is 1. The summed E-state index contributed by atoms with van der Waals surface area (Å²) in [6.45, 7) is 16.9. The van der Waals surface area contributed by atoms with Gasteiger partial charge in [-0.3, -0.25) is 24.0 Å². The molecule has 15 heteroatoms. The Bertz CT molecular complexity index is 1670. The number of ether oxygens (including phenoxy) is 2. The van der Waals surface area contributed by atoms with Crippen molar-refractivity contribution in [2.45, 2.75) is 144 Å². The molecule has 1 aromatic carbocycles. The first-order valence-electron chi connectivity index (χ1n) is 21.3. The van der Waals surface area contributed by atoms with Gasteiger partial charge in [-0.25, -0.2) is 9.59 Å². The van der Waals surface area contributed by atoms with E-state index in [4.69, 9.17) is 9.47 Å². The summed E-state index contributed by atoms with van der Waals surface area (Å²) in [5, 5.41) is 16.8. The molecule has 2 rings (SSSR count). The Morgan fingerprint density at radius 2 is 1.35 bits per heavy atom. The number of nitrogens with zero attached hydrogens (tertiary/aromatic N) is 3. The summed E-state index contributed by atoms with van der Waals surface area (Å²) in [5.41, 5.74) is 0.889. The minimum absolute atomic E-state index is 0.00688. The van der Waals surface area contributed by atoms with Crippen molar-refractivity contribution < 1.29 is 48.1 Å². The number of cyclic esters (lactones) is 2. The molecule has 60 heavy (non-hydrogen) atoms. The molecule has 1 aliphatic rings. The predicted molar refractivity (Wildman–Crippen MR) is 228 cm³/mol. The van der Waals surface area contributed by atoms with Crippen molar-refractivity contribution in [3.63, 3.8) is 0 Å². The Labute approximate surface area is 356 Å². The normalized spacial score (nSPS) is 29.4. The third-order valence-corrected chi connectivity index (χ3v) is 12.1. The Hall–Kier alpha value is -4.79. The average molecular weight is 842 g/mol. The van der Waals surface area contributed by atoms with Crippen LogP contribution < -0.4 is 10.6 Å². The van der Waals surface area contributed by atoms with Gasteiger partial charge in [-0.1, -0.05) is 97.7 Å². The maximum Gasteiger partial charge on any atom is 0.334 e. The maximum absolute atomic E-state index is 14.2. The first kappa shape index (κ1) is 51.4. The Morgan fingerprint density at radius 1 is 0.767 bits per heavy atom. The molecule has 336 valence electrons. The van der Waals surface area contributed by atoms with Crippen molar-refractivity contribution >= 4 is 41.5 Å². The summed E-state index contributed by atoms with van der Waals surface area (Å²) in [6, 6.07) is 4.67. The quantitative estimate of drug-likeness (QED) is 0.326. The molecule has 11 atom stereocenters. The number of hydrogen-bond acceptors (Lipinski definition) is 10. The third-order valence-electron chi connectivity index (χ3n) is 12.1. The zero-order valence-corrected chi connectivity index (χ0v) is 38.0. The van der Waals surface area contributed by atoms with Gasteiger partial charge in [-0.05, 0) is 51.0 Å². The highest BCUT2D eigenvalue weighted by molar-refractivity contribution is 5.96. The van der Waals surface area contributed by atoms with Gasteiger partial charge in [0.15, 0.2) is 6.10 Å². The number of hydrogen-bond donors (Lipinski definition) is 3. The van der Waals surface area contributed by atoms with Crippen LogP contribution in [0.4, 0.5) is 0 Å². The smallest absolute Gasteiger partial charge is 0.334 e. The van der Waals surface area contributed by atoms with Crippen LogP contribution in [0, 0.1) is 23.7 Å². The van der Waals surface area contributed by atoms with E-state index in [1.165, 1.54) is 62.7 Å². The van der Waals surface area contributed by atoms with Crippen LogP contribution in [0.1, 0.15) is 100 Å². The molecule has 5 amide bonds. The van der Waals surface area contributed by atoms with E-state index in [9.17, 15) is 38.7 Å². The van der Waals surface area contributed by atoms with Gasteiger partial charge in [0.1, 0.15) is 30.3 Å². The molecule has 15 nitrogen and oxygen atoms in total. The SMILES string of the molecule is CC[C@@H](C)[C@@H]1NC(=O)CN(C)C(=O)[C@@H](Cc2ccccc2)N(C)C(=O)[C@H](C)NC(=O)[C@@H]([C@@H](C)CC)OC(=O)/C(C)=C/C[C@H](O)[C@H](C)[C@@H]([C@@H](C)CC)OC(=O)[C@H](C)N(C)C1=O. The van der Waals surface area contributed by atoms with Gasteiger partial charge in [0, 0.05) is 45.0 Å². The van der Waals surface area contributed by atoms with E-state index >= 15 is 0 Å². The molecule has 0 radical (unpaired) electrons. The fourth-order valence-corrected chi connectivity index (χ4v) is 6.93. The Kier molecular flexibility index (Phi) is 20.4. The second kappa shape index (κ2) is 23.9. The summed E-state index contributed by atoms with van der Waals surface area (Å²) in [4.78, 5) is 100. The van der Waals surface area contributed by atoms with Gasteiger partial charge >= 0.3 is 11.9 Å². The van der Waals surface area contributed by atoms with Crippen LogP contribution in [0.2, 0.25) is 0 Å². The van der Waals surface area contributed by atoms with E-state index in [1.54, 1.807) is 32.9 Å². The molecule has 0 saturated heterocycles. The number of benzene rings is 1. The summed E-state index contributed by atoms with van der Waals surface area (Å²) in [6.07, 6.45) is 0.128. The topological polar surface area (TPSA) is 192 Å². The second-order valence-electron chi connectivity index (χ2n) is 16.7. The molecule has 1 heterocycles. The first-order valence-corrected chi connectivity index (χ1v) is 21.3. The molecule has 0 fully saturated rings. The van der Waals surface area contributed by atoms with Gasteiger partial charge < -0.3 is 39.9 Å². The minimum atomic E-state index is -1.26. The highest BCUT2D eigenvalue weighted by Gasteiger charge is 2.39. The number of amides is 5. The molecule has 0 saturated carbocycles. The number of esters is 2. The van der Waals surface area contributed by atoms with Gasteiger partial charge in [-0.15, -0.1) is 0 Å². The first-order chi connectivity index (χ1) is 28.1. The standard InChI is InChI=1S/C45H71N5O10/c1-14-26(4)37-43(56)49(12)32(10)45(58)59-38(27(5)15-2)30(8)35(51)23-22-29(7)44(57)60-39(28(6)16-3)40(53)46-31(9)41(54)50(13)34(24-33-20-18-17-19-21-33)42(55)48(11)25-36(52)47-37/h17-22,26-28,30-32,34-35,37-39,51H,14-16,23-25H2,1-13H3,(H,46,53)(H,47,52)/b29-22+/t26-,27+,28+,30+,31+,32+,34-,35+,37+,38-,39-/m1/s1. The highest BCUT2D eigenvalue weighted by atomic mass is 16.6. The largest absolute Gasteiger partial charge is 0.460 e. The predicted octanol–water partition coefficient (Wildman–Crippen LogP) is 3.66. The van der Waals surface area contributed by atoms with Gasteiger partial charge in [0.05, 0.1) is 12.6 Å². The van der Waals surface area contributed by atoms with Crippen LogP contribution in [0.25, 0.3) is 0 Å². The van der Waals surface area contributed by atoms with E-state index in [1.807, 2.05) is 45.9 Å². The summed E-state index contributed by atoms with van der Waals surface area (Å²) >= 11 is 0. The van der Waals surface area contributed by atoms with Crippen molar-refractivity contribution in [2.75, 3.05) is 27.7 Å². The van der Waals surface area contributed by atoms with E-state index in [0.717, 1.165) is 5.56 Å². The molecule has 3 N–H and O–H groups in total. The summed E-state index contributed by atoms with van der Waals surface area (Å²) in [5.74, 6) is -6.06. The number of nitrogens with one attached hydrogen (secondary N) is 2. The lowest BCUT2D eigenvalue weighted by molar-refractivity contribution is -0.166. The van der Waals surface area contributed by atoms with Crippen LogP contribution in [0.5, 0.6) is 0 Å². The van der Waals surface area contributed by atoms with Gasteiger partial charge in [0.25, 0.3) is 5.91 Å². The maximum atomic E-state index is 14.2. The van der Waals surface area contributed by atoms with Crippen LogP contribution in [0.15, 0.2) is 42.0 Å². The van der Waals surface area contributed by atoms with Crippen LogP contribution >= 0.6 is 0 Å². The minimum Gasteiger partial charge on any atom is -0.460 e. The number of aliphatic hydroxyl groups excluding tert-OH is 1. The summed E-state index contributed by atoms with van der Waals surface area (Å²) < 4.78 is 11.8. The second-order valence-corrected chi connectivity index (χ2v) is 16.7. The molecular weight excluding hydrogens is 771 g/mol. The van der Waals surface area contributed by atoms with E-state index < -0.39 is 102 Å². The number of likely N-dealkylation sites (N-methyl/N-ethyl adjacent to an activating group) is 3. The average Bonchev–Trinajstić information content (AvgIpc) is 3.24. The van der Waals surface area contributed by atoms with Gasteiger partial charge in [0.2, 0.25) is 23.6 Å². The molecular formula is C45H71N5O10. The zero-order chi connectivity index (χ0) is 45.6. The fourth-order valence-electron chi connectivity index (χ4n) is 6.93. The fraction of sp³-hybridized carbons (Fsp3) is 0.667. The number of rotatable bonds is 8. The van der Waals surface area contributed by atoms with E-state index in [0.29, 0.717) is 19.3 Å². The van der Waals surface area contributed by atoms with Crippen LogP contribution in [0.3, 0.4) is 0 Å². The molecule has 0 aromatic heterocycles. The lowest BCUT2D eigenvalue weighted by Crippen LogP contribution is -2.58. The van der Waals surface area contributed by atoms with Crippen molar-refractivity contribution in [3.8, 4) is 0 Å². The molecule has 0 unspecified atom stereocenters. The number of carbonyl (C=O) groups is 7. The van der Waals surface area contributed by atoms with Crippen molar-refractivity contribution in [1.29, 1.82) is 0 Å². The monoisotopic (exact) mass is 842 g/mol. The third kappa shape index (κ3) is 13.9. The van der Waals surface area contributed by atoms with Crippen LogP contribution in [-0.4, -0.2) is 131 Å².